The highest BCUT2D eigenvalue weighted by molar-refractivity contribution is 7.89. The Bertz CT molecular complexity index is 490. The molecule has 0 atom stereocenters. The Morgan fingerprint density at radius 3 is 2.44 bits per heavy atom. The van der Waals surface area contributed by atoms with Gasteiger partial charge < -0.3 is 9.47 Å². The molecule has 5 nitrogen and oxygen atoms in total. The van der Waals surface area contributed by atoms with Crippen LogP contribution in [0.4, 0.5) is 0 Å². The lowest BCUT2D eigenvalue weighted by molar-refractivity contribution is 0.354. The van der Waals surface area contributed by atoms with Gasteiger partial charge in [0.1, 0.15) is 0 Å². The lowest BCUT2D eigenvalue weighted by atomic mass is 10.2. The number of nitrogens with one attached hydrogen (secondary N) is 1. The highest BCUT2D eigenvalue weighted by Crippen LogP contribution is 2.27. The van der Waals surface area contributed by atoms with Crippen LogP contribution in [0, 0.1) is 0 Å². The van der Waals surface area contributed by atoms with Crippen LogP contribution in [-0.4, -0.2) is 34.3 Å². The zero-order valence-electron chi connectivity index (χ0n) is 10.3. The first kappa shape index (κ1) is 15.1. The summed E-state index contributed by atoms with van der Waals surface area (Å²) in [5.74, 6) is 1.14. The van der Waals surface area contributed by atoms with Gasteiger partial charge in [0.15, 0.2) is 11.5 Å². The van der Waals surface area contributed by atoms with Gasteiger partial charge in [-0.15, -0.1) is 11.6 Å². The molecule has 0 aromatic heterocycles. The van der Waals surface area contributed by atoms with Crippen LogP contribution < -0.4 is 14.2 Å². The largest absolute Gasteiger partial charge is 0.493 e. The Morgan fingerprint density at radius 2 is 1.89 bits per heavy atom. The maximum atomic E-state index is 11.4. The minimum atomic E-state index is -3.32. The standard InChI is InChI=1S/C11H16ClNO4S/c1-16-10-4-3-9(7-11(10)17-2)8-13-18(14,15)6-5-12/h3-4,7,13H,5-6,8H2,1-2H3. The van der Waals surface area contributed by atoms with Crippen LogP contribution in [0.25, 0.3) is 0 Å². The molecule has 0 fully saturated rings. The second kappa shape index (κ2) is 6.82. The third kappa shape index (κ3) is 4.36. The molecule has 1 N–H and O–H groups in total. The van der Waals surface area contributed by atoms with E-state index in [2.05, 4.69) is 4.72 Å². The summed E-state index contributed by atoms with van der Waals surface area (Å²) in [5, 5.41) is 0. The second-order valence-corrected chi connectivity index (χ2v) is 5.82. The minimum Gasteiger partial charge on any atom is -0.493 e. The van der Waals surface area contributed by atoms with Gasteiger partial charge >= 0.3 is 0 Å². The molecule has 0 heterocycles. The summed E-state index contributed by atoms with van der Waals surface area (Å²) < 4.78 is 35.5. The minimum absolute atomic E-state index is 0.0707. The van der Waals surface area contributed by atoms with Crippen molar-refractivity contribution >= 4 is 21.6 Å². The molecule has 18 heavy (non-hydrogen) atoms. The van der Waals surface area contributed by atoms with E-state index in [0.29, 0.717) is 11.5 Å². The Labute approximate surface area is 112 Å². The molecule has 102 valence electrons. The van der Waals surface area contributed by atoms with E-state index in [-0.39, 0.29) is 18.2 Å². The smallest absolute Gasteiger partial charge is 0.213 e. The number of rotatable bonds is 7. The van der Waals surface area contributed by atoms with Crippen LogP contribution in [0.3, 0.4) is 0 Å². The van der Waals surface area contributed by atoms with Gasteiger partial charge in [0.05, 0.1) is 20.0 Å². The third-order valence-electron chi connectivity index (χ3n) is 2.29. The van der Waals surface area contributed by atoms with Crippen molar-refractivity contribution in [1.82, 2.24) is 4.72 Å². The van der Waals surface area contributed by atoms with E-state index in [9.17, 15) is 8.42 Å². The lowest BCUT2D eigenvalue weighted by Crippen LogP contribution is -2.26. The zero-order chi connectivity index (χ0) is 13.6. The normalized spacial score (nSPS) is 11.3. The van der Waals surface area contributed by atoms with Gasteiger partial charge in [-0.2, -0.15) is 0 Å². The highest BCUT2D eigenvalue weighted by atomic mass is 35.5. The SMILES string of the molecule is COc1ccc(CNS(=O)(=O)CCCl)cc1OC. The number of halogens is 1. The number of hydrogen-bond donors (Lipinski definition) is 1. The second-order valence-electron chi connectivity index (χ2n) is 3.52. The maximum absolute atomic E-state index is 11.4. The average Bonchev–Trinajstić information content (AvgIpc) is 2.36. The average molecular weight is 294 g/mol. The van der Waals surface area contributed by atoms with E-state index < -0.39 is 10.0 Å². The molecule has 1 rings (SSSR count). The van der Waals surface area contributed by atoms with Crippen molar-refractivity contribution < 1.29 is 17.9 Å². The van der Waals surface area contributed by atoms with Gasteiger partial charge in [-0.05, 0) is 17.7 Å². The first-order valence-electron chi connectivity index (χ1n) is 5.26. The van der Waals surface area contributed by atoms with E-state index in [4.69, 9.17) is 21.1 Å². The Kier molecular flexibility index (Phi) is 5.71. The first-order chi connectivity index (χ1) is 8.52. The summed E-state index contributed by atoms with van der Waals surface area (Å²) in [6.07, 6.45) is 0. The first-order valence-corrected chi connectivity index (χ1v) is 7.45. The summed E-state index contributed by atoms with van der Waals surface area (Å²) in [5.41, 5.74) is 0.783. The molecule has 0 unspecified atom stereocenters. The van der Waals surface area contributed by atoms with E-state index in [1.165, 1.54) is 7.11 Å². The number of alkyl halides is 1. The molecule has 0 spiro atoms. The van der Waals surface area contributed by atoms with Crippen molar-refractivity contribution in [2.24, 2.45) is 0 Å². The van der Waals surface area contributed by atoms with Gasteiger partial charge in [-0.25, -0.2) is 13.1 Å². The van der Waals surface area contributed by atoms with Crippen molar-refractivity contribution in [1.29, 1.82) is 0 Å². The molecule has 0 aliphatic rings. The Balaban J connectivity index is 2.74. The highest BCUT2D eigenvalue weighted by Gasteiger charge is 2.10. The van der Waals surface area contributed by atoms with Crippen LogP contribution in [0.2, 0.25) is 0 Å². The van der Waals surface area contributed by atoms with E-state index in [1.807, 2.05) is 0 Å². The van der Waals surface area contributed by atoms with Crippen molar-refractivity contribution in [3.05, 3.63) is 23.8 Å². The summed E-state index contributed by atoms with van der Waals surface area (Å²) in [6.45, 7) is 0.194. The maximum Gasteiger partial charge on any atom is 0.213 e. The lowest BCUT2D eigenvalue weighted by Gasteiger charge is -2.10. The molecule has 7 heteroatoms. The molecular formula is C11H16ClNO4S. The van der Waals surface area contributed by atoms with Gasteiger partial charge in [-0.3, -0.25) is 0 Å². The molecule has 0 saturated carbocycles. The number of ether oxygens (including phenoxy) is 2. The Hall–Kier alpha value is -0.980. The third-order valence-corrected chi connectivity index (χ3v) is 4.03. The van der Waals surface area contributed by atoms with Crippen molar-refractivity contribution in [3.63, 3.8) is 0 Å². The fourth-order valence-electron chi connectivity index (χ4n) is 1.36. The van der Waals surface area contributed by atoms with Crippen LogP contribution in [0.15, 0.2) is 18.2 Å². The summed E-state index contributed by atoms with van der Waals surface area (Å²) in [7, 11) is -0.250. The van der Waals surface area contributed by atoms with Gasteiger partial charge in [0.2, 0.25) is 10.0 Å². The summed E-state index contributed by atoms with van der Waals surface area (Å²) >= 11 is 5.40. The fourth-order valence-corrected chi connectivity index (χ4v) is 2.70. The van der Waals surface area contributed by atoms with Crippen LogP contribution in [-0.2, 0) is 16.6 Å². The van der Waals surface area contributed by atoms with Crippen molar-refractivity contribution in [2.45, 2.75) is 6.54 Å². The van der Waals surface area contributed by atoms with Gasteiger partial charge in [-0.1, -0.05) is 6.07 Å². The summed E-state index contributed by atoms with van der Waals surface area (Å²) in [4.78, 5) is 0. The number of benzene rings is 1. The predicted octanol–water partition coefficient (Wildman–Crippen LogP) is 1.36. The number of hydrogen-bond acceptors (Lipinski definition) is 4. The Morgan fingerprint density at radius 1 is 1.22 bits per heavy atom. The van der Waals surface area contributed by atoms with Crippen LogP contribution in [0.1, 0.15) is 5.56 Å². The summed E-state index contributed by atoms with van der Waals surface area (Å²) in [6, 6.07) is 5.22. The fraction of sp³-hybridized carbons (Fsp3) is 0.455. The molecule has 0 saturated heterocycles. The van der Waals surface area contributed by atoms with Crippen LogP contribution in [0.5, 0.6) is 11.5 Å². The molecule has 0 radical (unpaired) electrons. The number of methoxy groups -OCH3 is 2. The quantitative estimate of drug-likeness (QED) is 0.771. The number of sulfonamides is 1. The van der Waals surface area contributed by atoms with E-state index in [1.54, 1.807) is 25.3 Å². The molecule has 0 aliphatic carbocycles. The molecule has 0 aliphatic heterocycles. The predicted molar refractivity (Wildman–Crippen MR) is 70.9 cm³/mol. The van der Waals surface area contributed by atoms with Gasteiger partial charge in [0, 0.05) is 12.4 Å². The molecule has 0 amide bonds. The molecule has 1 aromatic carbocycles. The van der Waals surface area contributed by atoms with Crippen molar-refractivity contribution in [3.8, 4) is 11.5 Å². The van der Waals surface area contributed by atoms with Crippen molar-refractivity contribution in [2.75, 3.05) is 25.9 Å². The molecule has 1 aromatic rings. The monoisotopic (exact) mass is 293 g/mol. The van der Waals surface area contributed by atoms with Crippen LogP contribution >= 0.6 is 11.6 Å². The van der Waals surface area contributed by atoms with E-state index in [0.717, 1.165) is 5.56 Å². The zero-order valence-corrected chi connectivity index (χ0v) is 11.8. The topological polar surface area (TPSA) is 64.6 Å². The van der Waals surface area contributed by atoms with Gasteiger partial charge in [0.25, 0.3) is 0 Å². The van der Waals surface area contributed by atoms with E-state index >= 15 is 0 Å². The molecular weight excluding hydrogens is 278 g/mol. The molecule has 0 bridgehead atoms.